The lowest BCUT2D eigenvalue weighted by atomic mass is 9.93. The molecule has 0 N–H and O–H groups in total. The molecule has 0 spiro atoms. The Hall–Kier alpha value is -1.93. The predicted octanol–water partition coefficient (Wildman–Crippen LogP) is 3.86. The van der Waals surface area contributed by atoms with E-state index in [0.29, 0.717) is 25.4 Å². The first-order valence-corrected chi connectivity index (χ1v) is 13.4. The third kappa shape index (κ3) is 5.66. The van der Waals surface area contributed by atoms with Gasteiger partial charge in [-0.15, -0.1) is 0 Å². The number of hydrogen-bond donors (Lipinski definition) is 0. The van der Waals surface area contributed by atoms with Crippen molar-refractivity contribution in [2.75, 3.05) is 18.8 Å². The minimum atomic E-state index is -3.43. The zero-order chi connectivity index (χ0) is 21.8. The number of piperidine rings is 1. The topological polar surface area (TPSA) is 72.3 Å². The second-order valence-corrected chi connectivity index (χ2v) is 11.3. The van der Waals surface area contributed by atoms with Gasteiger partial charge in [-0.3, -0.25) is 4.79 Å². The molecular formula is C23H28BrN3O3S. The number of rotatable bonds is 6. The van der Waals surface area contributed by atoms with E-state index in [1.54, 1.807) is 4.90 Å². The molecular weight excluding hydrogens is 478 g/mol. The number of imidazole rings is 1. The van der Waals surface area contributed by atoms with E-state index in [-0.39, 0.29) is 11.7 Å². The Morgan fingerprint density at radius 2 is 1.87 bits per heavy atom. The number of carbonyl (C=O) groups excluding carboxylic acids is 1. The third-order valence-electron chi connectivity index (χ3n) is 6.23. The number of sulfone groups is 1. The van der Waals surface area contributed by atoms with Crippen molar-refractivity contribution in [2.24, 2.45) is 0 Å². The highest BCUT2D eigenvalue weighted by Gasteiger charge is 2.27. The lowest BCUT2D eigenvalue weighted by Crippen LogP contribution is -2.37. The summed E-state index contributed by atoms with van der Waals surface area (Å²) in [7, 11) is -3.43. The molecule has 2 aliphatic heterocycles. The molecule has 0 radical (unpaired) electrons. The highest BCUT2D eigenvalue weighted by molar-refractivity contribution is 9.10. The van der Waals surface area contributed by atoms with Gasteiger partial charge >= 0.3 is 0 Å². The van der Waals surface area contributed by atoms with E-state index in [9.17, 15) is 13.2 Å². The monoisotopic (exact) mass is 505 g/mol. The van der Waals surface area contributed by atoms with Crippen LogP contribution in [0.4, 0.5) is 0 Å². The van der Waals surface area contributed by atoms with Gasteiger partial charge in [-0.05, 0) is 49.8 Å². The summed E-state index contributed by atoms with van der Waals surface area (Å²) in [6.45, 7) is 2.34. The number of aryl methyl sites for hydroxylation is 2. The molecule has 166 valence electrons. The smallest absolute Gasteiger partial charge is 0.247 e. The lowest BCUT2D eigenvalue weighted by Gasteiger charge is -2.32. The summed E-state index contributed by atoms with van der Waals surface area (Å²) in [5, 5.41) is 1.08. The van der Waals surface area contributed by atoms with Crippen LogP contribution in [0.2, 0.25) is 0 Å². The number of carbonyl (C=O) groups is 1. The van der Waals surface area contributed by atoms with Gasteiger partial charge in [0.2, 0.25) is 5.91 Å². The zero-order valence-electron chi connectivity index (χ0n) is 17.5. The van der Waals surface area contributed by atoms with E-state index in [1.165, 1.54) is 30.4 Å². The molecule has 0 saturated carbocycles. The van der Waals surface area contributed by atoms with Crippen LogP contribution in [0.15, 0.2) is 46.4 Å². The maximum Gasteiger partial charge on any atom is 0.247 e. The highest BCUT2D eigenvalue weighted by atomic mass is 79.9. The number of amides is 1. The van der Waals surface area contributed by atoms with Crippen LogP contribution in [0.5, 0.6) is 0 Å². The predicted molar refractivity (Wildman–Crippen MR) is 124 cm³/mol. The Morgan fingerprint density at radius 3 is 2.61 bits per heavy atom. The van der Waals surface area contributed by atoms with E-state index in [0.717, 1.165) is 41.3 Å². The summed E-state index contributed by atoms with van der Waals surface area (Å²) >= 11 is 3.37. The second kappa shape index (κ2) is 9.69. The number of benzene rings is 1. The van der Waals surface area contributed by atoms with Crippen LogP contribution in [-0.4, -0.2) is 47.6 Å². The third-order valence-corrected chi connectivity index (χ3v) is 8.09. The largest absolute Gasteiger partial charge is 0.339 e. The summed E-state index contributed by atoms with van der Waals surface area (Å²) in [5.74, 6) is 1.38. The Bertz CT molecular complexity index is 1050. The Kier molecular flexibility index (Phi) is 6.96. The Morgan fingerprint density at radius 1 is 1.13 bits per heavy atom. The van der Waals surface area contributed by atoms with Crippen molar-refractivity contribution in [3.8, 4) is 0 Å². The fraction of sp³-hybridized carbons (Fsp3) is 0.478. The molecule has 1 aromatic heterocycles. The summed E-state index contributed by atoms with van der Waals surface area (Å²) in [6, 6.07) is 7.59. The van der Waals surface area contributed by atoms with Crippen molar-refractivity contribution in [3.05, 3.63) is 63.5 Å². The number of aromatic nitrogens is 2. The summed E-state index contributed by atoms with van der Waals surface area (Å²) in [5.41, 5.74) is 2.25. The van der Waals surface area contributed by atoms with E-state index < -0.39 is 9.84 Å². The molecule has 8 heteroatoms. The van der Waals surface area contributed by atoms with E-state index >= 15 is 0 Å². The molecule has 2 aromatic rings. The molecule has 0 unspecified atom stereocenters. The molecule has 2 aliphatic rings. The number of fused-ring (bicyclic) bond motifs is 1. The van der Waals surface area contributed by atoms with Gasteiger partial charge in [0.1, 0.15) is 5.82 Å². The average Bonchev–Trinajstić information content (AvgIpc) is 3.21. The molecule has 6 nitrogen and oxygen atoms in total. The van der Waals surface area contributed by atoms with Crippen LogP contribution >= 0.6 is 15.9 Å². The van der Waals surface area contributed by atoms with Crippen molar-refractivity contribution in [3.63, 3.8) is 0 Å². The summed E-state index contributed by atoms with van der Waals surface area (Å²) in [6.07, 6.45) is 8.91. The number of halogens is 1. The fourth-order valence-corrected chi connectivity index (χ4v) is 5.65. The first-order chi connectivity index (χ1) is 14.9. The molecule has 4 rings (SSSR count). The maximum atomic E-state index is 12.5. The molecule has 1 fully saturated rings. The molecule has 1 amide bonds. The minimum Gasteiger partial charge on any atom is -0.339 e. The van der Waals surface area contributed by atoms with Crippen LogP contribution in [-0.2, 0) is 34.0 Å². The number of nitrogens with zero attached hydrogens (tertiary/aromatic N) is 3. The first kappa shape index (κ1) is 22.3. The van der Waals surface area contributed by atoms with Gasteiger partial charge in [-0.2, -0.15) is 0 Å². The van der Waals surface area contributed by atoms with E-state index in [4.69, 9.17) is 0 Å². The first-order valence-electron chi connectivity index (χ1n) is 10.9. The standard InChI is InChI=1S/C23H28BrN3O3S/c24-20-6-4-18(5-7-20)10-15-31(29,30)16-11-23(28)26-13-8-19(9-14-26)21-17-25-22-3-1-2-12-27(21)22/h4-7,11,16-17,19H,1-3,8-10,12-15H2. The SMILES string of the molecule is O=C(C=CS(=O)(=O)CCc1ccc(Br)cc1)N1CCC(c2cnc3n2CCCC3)CC1. The maximum absolute atomic E-state index is 12.5. The molecule has 0 bridgehead atoms. The zero-order valence-corrected chi connectivity index (χ0v) is 19.9. The molecule has 0 aliphatic carbocycles. The Labute approximate surface area is 192 Å². The molecule has 31 heavy (non-hydrogen) atoms. The van der Waals surface area contributed by atoms with Crippen LogP contribution in [0.1, 0.15) is 48.7 Å². The lowest BCUT2D eigenvalue weighted by molar-refractivity contribution is -0.127. The van der Waals surface area contributed by atoms with Gasteiger partial charge in [0.25, 0.3) is 0 Å². The van der Waals surface area contributed by atoms with Crippen LogP contribution in [0, 0.1) is 0 Å². The van der Waals surface area contributed by atoms with Gasteiger partial charge in [0.15, 0.2) is 9.84 Å². The van der Waals surface area contributed by atoms with Crippen LogP contribution in [0.3, 0.4) is 0 Å². The van der Waals surface area contributed by atoms with Gasteiger partial charge < -0.3 is 9.47 Å². The van der Waals surface area contributed by atoms with Gasteiger partial charge in [-0.25, -0.2) is 13.4 Å². The van der Waals surface area contributed by atoms with Crippen molar-refractivity contribution in [1.82, 2.24) is 14.5 Å². The molecule has 0 atom stereocenters. The van der Waals surface area contributed by atoms with Crippen molar-refractivity contribution in [1.29, 1.82) is 0 Å². The summed E-state index contributed by atoms with van der Waals surface area (Å²) in [4.78, 5) is 18.9. The van der Waals surface area contributed by atoms with Gasteiger partial charge in [0, 0.05) is 59.8 Å². The molecule has 1 aromatic carbocycles. The molecule has 3 heterocycles. The van der Waals surface area contributed by atoms with Crippen molar-refractivity contribution < 1.29 is 13.2 Å². The minimum absolute atomic E-state index is 0.00713. The molecule has 1 saturated heterocycles. The highest BCUT2D eigenvalue weighted by Crippen LogP contribution is 2.30. The van der Waals surface area contributed by atoms with Gasteiger partial charge in [-0.1, -0.05) is 28.1 Å². The van der Waals surface area contributed by atoms with Crippen LogP contribution < -0.4 is 0 Å². The van der Waals surface area contributed by atoms with E-state index in [2.05, 4.69) is 25.5 Å². The Balaban J connectivity index is 1.28. The van der Waals surface area contributed by atoms with Gasteiger partial charge in [0.05, 0.1) is 5.75 Å². The van der Waals surface area contributed by atoms with Crippen molar-refractivity contribution in [2.45, 2.75) is 51.0 Å². The fourth-order valence-electron chi connectivity index (χ4n) is 4.41. The average molecular weight is 506 g/mol. The van der Waals surface area contributed by atoms with E-state index in [1.807, 2.05) is 30.5 Å². The number of likely N-dealkylation sites (tertiary alicyclic amines) is 1. The number of hydrogen-bond acceptors (Lipinski definition) is 4. The van der Waals surface area contributed by atoms with Crippen LogP contribution in [0.25, 0.3) is 0 Å². The second-order valence-electron chi connectivity index (χ2n) is 8.35. The quantitative estimate of drug-likeness (QED) is 0.558. The van der Waals surface area contributed by atoms with Crippen molar-refractivity contribution >= 4 is 31.7 Å². The summed E-state index contributed by atoms with van der Waals surface area (Å²) < 4.78 is 28.0. The normalized spacial score (nSPS) is 17.8.